The van der Waals surface area contributed by atoms with E-state index in [2.05, 4.69) is 0 Å². The molecule has 0 amide bonds. The predicted molar refractivity (Wildman–Crippen MR) is 82.1 cm³/mol. The fraction of sp³-hybridized carbons (Fsp3) is 0.400. The molecule has 0 bridgehead atoms. The van der Waals surface area contributed by atoms with E-state index < -0.39 is 29.4 Å². The summed E-state index contributed by atoms with van der Waals surface area (Å²) >= 11 is 1.19. The van der Waals surface area contributed by atoms with E-state index in [1.807, 2.05) is 0 Å². The third-order valence-electron chi connectivity index (χ3n) is 3.56. The first kappa shape index (κ1) is 14.1. The van der Waals surface area contributed by atoms with Crippen molar-refractivity contribution < 1.29 is 25.8 Å². The number of aliphatic hydroxyl groups excluding tert-OH is 3. The van der Waals surface area contributed by atoms with Gasteiger partial charge in [0.25, 0.3) is 0 Å². The Labute approximate surface area is 131 Å². The second-order valence-corrected chi connectivity index (χ2v) is 6.30. The van der Waals surface area contributed by atoms with E-state index in [0.29, 0.717) is 16.7 Å². The van der Waals surface area contributed by atoms with Crippen LogP contribution in [0.4, 0.5) is 0 Å². The van der Waals surface area contributed by atoms with Crippen LogP contribution in [-0.2, 0) is 0 Å². The van der Waals surface area contributed by atoms with Gasteiger partial charge in [0.05, 0.1) is 7.47 Å². The van der Waals surface area contributed by atoms with Crippen molar-refractivity contribution in [3.63, 3.8) is 0 Å². The van der Waals surface area contributed by atoms with Crippen LogP contribution in [0.5, 0.6) is 5.75 Å². The lowest BCUT2D eigenvalue weighted by Gasteiger charge is -2.34. The molecule has 1 saturated heterocycles. The number of hydrogen-bond acceptors (Lipinski definition) is 7. The van der Waals surface area contributed by atoms with E-state index in [9.17, 15) is 20.1 Å². The van der Waals surface area contributed by atoms with Crippen molar-refractivity contribution in [2.75, 3.05) is 5.75 Å². The average Bonchev–Trinajstić information content (AvgIpc) is 2.53. The first-order valence-electron chi connectivity index (χ1n) is 7.25. The minimum absolute atomic E-state index is 0.179. The monoisotopic (exact) mass is 325 g/mol. The Morgan fingerprint density at radius 3 is 2.91 bits per heavy atom. The molecule has 0 aliphatic carbocycles. The van der Waals surface area contributed by atoms with Gasteiger partial charge in [-0.1, -0.05) is 0 Å². The highest BCUT2D eigenvalue weighted by Crippen LogP contribution is 2.30. The fourth-order valence-electron chi connectivity index (χ4n) is 2.33. The van der Waals surface area contributed by atoms with Crippen LogP contribution in [0.25, 0.3) is 11.0 Å². The van der Waals surface area contributed by atoms with Gasteiger partial charge in [0.2, 0.25) is 0 Å². The lowest BCUT2D eigenvalue weighted by molar-refractivity contribution is -0.0786. The topological polar surface area (TPSA) is 100 Å². The van der Waals surface area contributed by atoms with Crippen molar-refractivity contribution in [3.8, 4) is 5.75 Å². The number of aryl methyl sites for hydroxylation is 1. The molecule has 118 valence electrons. The van der Waals surface area contributed by atoms with E-state index in [4.69, 9.17) is 10.5 Å². The zero-order valence-corrected chi connectivity index (χ0v) is 12.5. The van der Waals surface area contributed by atoms with Crippen LogP contribution < -0.4 is 10.4 Å². The second kappa shape index (κ2) is 5.92. The Morgan fingerprint density at radius 2 is 2.14 bits per heavy atom. The molecule has 0 spiro atoms. The van der Waals surface area contributed by atoms with Crippen molar-refractivity contribution in [1.82, 2.24) is 0 Å². The number of thioether (sulfide) groups is 1. The third kappa shape index (κ3) is 2.85. The van der Waals surface area contributed by atoms with Crippen LogP contribution in [0.2, 0.25) is 0 Å². The van der Waals surface area contributed by atoms with Crippen molar-refractivity contribution in [2.45, 2.75) is 30.7 Å². The molecule has 2 heterocycles. The van der Waals surface area contributed by atoms with Gasteiger partial charge in [-0.2, -0.15) is 0 Å². The van der Waals surface area contributed by atoms with E-state index in [1.54, 1.807) is 19.1 Å². The minimum Gasteiger partial charge on any atom is -0.477 e. The summed E-state index contributed by atoms with van der Waals surface area (Å²) in [5, 5.41) is 29.8. The maximum Gasteiger partial charge on any atom is 0.336 e. The van der Waals surface area contributed by atoms with Gasteiger partial charge in [-0.3, -0.25) is 0 Å². The van der Waals surface area contributed by atoms with E-state index in [1.165, 1.54) is 17.8 Å². The van der Waals surface area contributed by atoms with Crippen LogP contribution >= 0.6 is 11.8 Å². The summed E-state index contributed by atoms with van der Waals surface area (Å²) in [5.41, 5.74) is -0.655. The van der Waals surface area contributed by atoms with Crippen LogP contribution in [0, 0.1) is 6.92 Å². The third-order valence-corrected chi connectivity index (χ3v) is 4.79. The van der Waals surface area contributed by atoms with Gasteiger partial charge in [0.1, 0.15) is 23.5 Å². The number of fused-ring (bicyclic) bond motifs is 1. The van der Waals surface area contributed by atoms with Crippen molar-refractivity contribution in [1.29, 1.82) is 0 Å². The molecule has 2 aromatic rings. The van der Waals surface area contributed by atoms with E-state index in [0.717, 1.165) is 0 Å². The SMILES string of the molecule is [2H]c1c(C)c2ccc(O[C@@H]3SC[C@@H](O)[C@H](O)[C@H]3O)cc2oc1=O. The molecule has 1 aromatic heterocycles. The highest BCUT2D eigenvalue weighted by Gasteiger charge is 2.38. The lowest BCUT2D eigenvalue weighted by Crippen LogP contribution is -2.50. The molecule has 1 aliphatic heterocycles. The number of aliphatic hydroxyl groups is 3. The van der Waals surface area contributed by atoms with Gasteiger partial charge >= 0.3 is 5.63 Å². The highest BCUT2D eigenvalue weighted by molar-refractivity contribution is 7.99. The van der Waals surface area contributed by atoms with Gasteiger partial charge in [-0.05, 0) is 24.6 Å². The smallest absolute Gasteiger partial charge is 0.336 e. The molecule has 3 rings (SSSR count). The molecular formula is C15H16O6S. The molecule has 0 saturated carbocycles. The van der Waals surface area contributed by atoms with Crippen LogP contribution in [0.15, 0.2) is 33.5 Å². The predicted octanol–water partition coefficient (Wildman–Crippen LogP) is 0.636. The zero-order chi connectivity index (χ0) is 16.7. The maximum absolute atomic E-state index is 11.6. The molecule has 1 aromatic carbocycles. The second-order valence-electron chi connectivity index (χ2n) is 5.17. The highest BCUT2D eigenvalue weighted by atomic mass is 32.2. The molecule has 1 fully saturated rings. The van der Waals surface area contributed by atoms with Gasteiger partial charge < -0.3 is 24.5 Å². The fourth-order valence-corrected chi connectivity index (χ4v) is 3.45. The van der Waals surface area contributed by atoms with Crippen LogP contribution in [0.3, 0.4) is 0 Å². The summed E-state index contributed by atoms with van der Waals surface area (Å²) in [6.45, 7) is 1.67. The first-order valence-corrected chi connectivity index (χ1v) is 7.80. The summed E-state index contributed by atoms with van der Waals surface area (Å²) < 4.78 is 18.4. The average molecular weight is 325 g/mol. The number of rotatable bonds is 2. The Morgan fingerprint density at radius 1 is 1.36 bits per heavy atom. The van der Waals surface area contributed by atoms with E-state index >= 15 is 0 Å². The molecule has 0 radical (unpaired) electrons. The Bertz CT molecular complexity index is 791. The Kier molecular flexibility index (Phi) is 3.79. The van der Waals surface area contributed by atoms with Gasteiger partial charge in [0, 0.05) is 23.2 Å². The van der Waals surface area contributed by atoms with Crippen LogP contribution in [-0.4, -0.2) is 44.8 Å². The van der Waals surface area contributed by atoms with Gasteiger partial charge in [0.15, 0.2) is 5.44 Å². The molecule has 7 heteroatoms. The lowest BCUT2D eigenvalue weighted by atomic mass is 10.1. The molecular weight excluding hydrogens is 308 g/mol. The number of ether oxygens (including phenoxy) is 1. The summed E-state index contributed by atoms with van der Waals surface area (Å²) in [7, 11) is 0. The number of hydrogen-bond donors (Lipinski definition) is 3. The summed E-state index contributed by atoms with van der Waals surface area (Å²) in [4.78, 5) is 11.6. The summed E-state index contributed by atoms with van der Waals surface area (Å²) in [6, 6.07) is 4.64. The molecule has 1 aliphatic rings. The van der Waals surface area contributed by atoms with Gasteiger partial charge in [-0.25, -0.2) is 4.79 Å². The number of benzene rings is 1. The van der Waals surface area contributed by atoms with Crippen LogP contribution in [0.1, 0.15) is 6.93 Å². The minimum atomic E-state index is -1.27. The zero-order valence-electron chi connectivity index (χ0n) is 12.7. The molecule has 3 N–H and O–H groups in total. The molecule has 6 nitrogen and oxygen atoms in total. The Hall–Kier alpha value is -1.54. The van der Waals surface area contributed by atoms with Crippen molar-refractivity contribution in [2.24, 2.45) is 0 Å². The quantitative estimate of drug-likeness (QED) is 0.697. The van der Waals surface area contributed by atoms with Crippen molar-refractivity contribution >= 4 is 22.7 Å². The largest absolute Gasteiger partial charge is 0.477 e. The van der Waals surface area contributed by atoms with Crippen molar-refractivity contribution in [3.05, 3.63) is 40.2 Å². The summed E-state index contributed by atoms with van der Waals surface area (Å²) in [5.74, 6) is 0.602. The standard InChI is InChI=1S/C15H16O6S/c1-7-4-12(17)21-11-5-8(2-3-9(7)11)20-15-14(19)13(18)10(16)6-22-15/h2-5,10,13-16,18-19H,6H2,1H3/t10-,13+,14-,15-/m1/s1/i4D. The molecule has 22 heavy (non-hydrogen) atoms. The Balaban J connectivity index is 1.90. The maximum atomic E-state index is 11.6. The van der Waals surface area contributed by atoms with Gasteiger partial charge in [-0.15, -0.1) is 11.8 Å². The first-order chi connectivity index (χ1) is 10.9. The molecule has 4 atom stereocenters. The summed E-state index contributed by atoms with van der Waals surface area (Å²) in [6.07, 6.45) is -3.50. The van der Waals surface area contributed by atoms with E-state index in [-0.39, 0.29) is 17.4 Å². The normalized spacial score (nSPS) is 29.4. The molecule has 0 unspecified atom stereocenters.